The van der Waals surface area contributed by atoms with E-state index in [9.17, 15) is 9.59 Å². The number of carboxylic acid groups (broad SMARTS) is 1. The number of amides is 1. The van der Waals surface area contributed by atoms with Crippen molar-refractivity contribution in [1.29, 1.82) is 0 Å². The minimum absolute atomic E-state index is 0.0218. The first-order valence-corrected chi connectivity index (χ1v) is 4.39. The summed E-state index contributed by atoms with van der Waals surface area (Å²) in [6.07, 6.45) is -0.0218. The maximum absolute atomic E-state index is 11.2. The van der Waals surface area contributed by atoms with Gasteiger partial charge in [0, 0.05) is 20.1 Å². The number of aliphatic carboxylic acids is 1. The summed E-state index contributed by atoms with van der Waals surface area (Å²) in [5.74, 6) is -1.24. The zero-order valence-corrected chi connectivity index (χ0v) is 8.79. The molecule has 0 saturated carbocycles. The Labute approximate surface area is 83.4 Å². The van der Waals surface area contributed by atoms with Gasteiger partial charge in [-0.15, -0.1) is 0 Å². The number of hydrogen-bond acceptors (Lipinski definition) is 3. The third-order valence-electron chi connectivity index (χ3n) is 1.81. The van der Waals surface area contributed by atoms with Gasteiger partial charge in [0.15, 0.2) is 0 Å². The van der Waals surface area contributed by atoms with Crippen LogP contribution in [0.1, 0.15) is 20.3 Å². The Kier molecular flexibility index (Phi) is 5.15. The second kappa shape index (κ2) is 5.59. The average molecular weight is 203 g/mol. The van der Waals surface area contributed by atoms with Crippen LogP contribution in [0.3, 0.4) is 0 Å². The van der Waals surface area contributed by atoms with Crippen LogP contribution in [0.5, 0.6) is 0 Å². The third kappa shape index (κ3) is 4.81. The minimum atomic E-state index is -1.02. The lowest BCUT2D eigenvalue weighted by atomic mass is 9.89. The SMILES string of the molecule is COCCNC(=O)CC(C)(C)C(=O)O. The van der Waals surface area contributed by atoms with Gasteiger partial charge in [0.1, 0.15) is 0 Å². The van der Waals surface area contributed by atoms with Crippen LogP contribution < -0.4 is 5.32 Å². The van der Waals surface area contributed by atoms with E-state index in [0.717, 1.165) is 0 Å². The van der Waals surface area contributed by atoms with E-state index < -0.39 is 11.4 Å². The number of rotatable bonds is 6. The average Bonchev–Trinajstić information content (AvgIpc) is 2.03. The third-order valence-corrected chi connectivity index (χ3v) is 1.81. The van der Waals surface area contributed by atoms with E-state index in [1.165, 1.54) is 21.0 Å². The first-order valence-electron chi connectivity index (χ1n) is 4.39. The van der Waals surface area contributed by atoms with Crippen molar-refractivity contribution in [2.24, 2.45) is 5.41 Å². The standard InChI is InChI=1S/C9H17NO4/c1-9(2,8(12)13)6-7(11)10-4-5-14-3/h4-6H2,1-3H3,(H,10,11)(H,12,13). The van der Waals surface area contributed by atoms with E-state index in [0.29, 0.717) is 13.2 Å². The Morgan fingerprint density at radius 1 is 1.43 bits per heavy atom. The first kappa shape index (κ1) is 12.9. The van der Waals surface area contributed by atoms with Crippen molar-refractivity contribution in [2.75, 3.05) is 20.3 Å². The van der Waals surface area contributed by atoms with Crippen molar-refractivity contribution in [3.05, 3.63) is 0 Å². The Balaban J connectivity index is 3.88. The number of carbonyl (C=O) groups is 2. The van der Waals surface area contributed by atoms with Gasteiger partial charge in [0.05, 0.1) is 12.0 Å². The van der Waals surface area contributed by atoms with Crippen molar-refractivity contribution >= 4 is 11.9 Å². The van der Waals surface area contributed by atoms with E-state index in [-0.39, 0.29) is 12.3 Å². The highest BCUT2D eigenvalue weighted by Crippen LogP contribution is 2.19. The molecule has 5 nitrogen and oxygen atoms in total. The number of ether oxygens (including phenoxy) is 1. The minimum Gasteiger partial charge on any atom is -0.481 e. The molecule has 0 aliphatic heterocycles. The van der Waals surface area contributed by atoms with Gasteiger partial charge in [-0.25, -0.2) is 0 Å². The first-order chi connectivity index (χ1) is 6.40. The quantitative estimate of drug-likeness (QED) is 0.607. The molecule has 2 N–H and O–H groups in total. The van der Waals surface area contributed by atoms with Gasteiger partial charge in [-0.2, -0.15) is 0 Å². The fourth-order valence-electron chi connectivity index (χ4n) is 0.832. The Morgan fingerprint density at radius 3 is 2.43 bits per heavy atom. The van der Waals surface area contributed by atoms with Crippen molar-refractivity contribution < 1.29 is 19.4 Å². The molecule has 0 saturated heterocycles. The largest absolute Gasteiger partial charge is 0.481 e. The number of hydrogen-bond donors (Lipinski definition) is 2. The van der Waals surface area contributed by atoms with Crippen LogP contribution in [0.2, 0.25) is 0 Å². The highest BCUT2D eigenvalue weighted by molar-refractivity contribution is 5.84. The summed E-state index contributed by atoms with van der Waals surface area (Å²) in [6, 6.07) is 0. The normalized spacial score (nSPS) is 11.1. The van der Waals surface area contributed by atoms with Crippen LogP contribution in [0.15, 0.2) is 0 Å². The fraction of sp³-hybridized carbons (Fsp3) is 0.778. The molecule has 0 bridgehead atoms. The summed E-state index contributed by atoms with van der Waals surface area (Å²) in [4.78, 5) is 21.9. The van der Waals surface area contributed by atoms with Crippen LogP contribution in [0.25, 0.3) is 0 Å². The molecule has 14 heavy (non-hydrogen) atoms. The molecule has 0 aliphatic rings. The molecule has 0 aromatic carbocycles. The van der Waals surface area contributed by atoms with Gasteiger partial charge in [0.2, 0.25) is 5.91 Å². The smallest absolute Gasteiger partial charge is 0.309 e. The highest BCUT2D eigenvalue weighted by Gasteiger charge is 2.29. The van der Waals surface area contributed by atoms with Crippen LogP contribution in [-0.4, -0.2) is 37.2 Å². The topological polar surface area (TPSA) is 75.6 Å². The molecule has 0 atom stereocenters. The van der Waals surface area contributed by atoms with Crippen molar-refractivity contribution in [3.63, 3.8) is 0 Å². The van der Waals surface area contributed by atoms with E-state index in [1.54, 1.807) is 0 Å². The zero-order chi connectivity index (χ0) is 11.2. The number of nitrogens with one attached hydrogen (secondary N) is 1. The predicted octanol–water partition coefficient (Wildman–Crippen LogP) is 0.250. The van der Waals surface area contributed by atoms with Crippen LogP contribution in [0.4, 0.5) is 0 Å². The Hall–Kier alpha value is -1.10. The lowest BCUT2D eigenvalue weighted by Gasteiger charge is -2.17. The van der Waals surface area contributed by atoms with E-state index in [2.05, 4.69) is 5.32 Å². The molecule has 0 heterocycles. The second-order valence-corrected chi connectivity index (χ2v) is 3.71. The summed E-state index contributed by atoms with van der Waals surface area (Å²) in [5, 5.41) is 11.3. The molecule has 0 aromatic heterocycles. The van der Waals surface area contributed by atoms with Gasteiger partial charge in [-0.1, -0.05) is 0 Å². The molecule has 0 rings (SSSR count). The van der Waals surface area contributed by atoms with Gasteiger partial charge >= 0.3 is 5.97 Å². The summed E-state index contributed by atoms with van der Waals surface area (Å²) in [5.41, 5.74) is -1.02. The zero-order valence-electron chi connectivity index (χ0n) is 8.79. The van der Waals surface area contributed by atoms with Crippen molar-refractivity contribution in [1.82, 2.24) is 5.32 Å². The highest BCUT2D eigenvalue weighted by atomic mass is 16.5. The molecule has 0 fully saturated rings. The molecule has 0 aromatic rings. The van der Waals surface area contributed by atoms with Gasteiger partial charge < -0.3 is 15.2 Å². The summed E-state index contributed by atoms with van der Waals surface area (Å²) < 4.78 is 4.74. The number of methoxy groups -OCH3 is 1. The van der Waals surface area contributed by atoms with Crippen LogP contribution in [-0.2, 0) is 14.3 Å². The van der Waals surface area contributed by atoms with Gasteiger partial charge in [0.25, 0.3) is 0 Å². The van der Waals surface area contributed by atoms with Crippen molar-refractivity contribution in [3.8, 4) is 0 Å². The maximum atomic E-state index is 11.2. The Bertz CT molecular complexity index is 213. The molecular weight excluding hydrogens is 186 g/mol. The van der Waals surface area contributed by atoms with Gasteiger partial charge in [-0.3, -0.25) is 9.59 Å². The van der Waals surface area contributed by atoms with E-state index in [1.807, 2.05) is 0 Å². The molecule has 0 radical (unpaired) electrons. The van der Waals surface area contributed by atoms with E-state index in [4.69, 9.17) is 9.84 Å². The monoisotopic (exact) mass is 203 g/mol. The summed E-state index contributed by atoms with van der Waals surface area (Å²) in [7, 11) is 1.54. The number of carboxylic acids is 1. The molecular formula is C9H17NO4. The lowest BCUT2D eigenvalue weighted by Crippen LogP contribution is -2.34. The number of carbonyl (C=O) groups excluding carboxylic acids is 1. The predicted molar refractivity (Wildman–Crippen MR) is 50.9 cm³/mol. The van der Waals surface area contributed by atoms with Crippen LogP contribution >= 0.6 is 0 Å². The lowest BCUT2D eigenvalue weighted by molar-refractivity contribution is -0.149. The van der Waals surface area contributed by atoms with Crippen molar-refractivity contribution in [2.45, 2.75) is 20.3 Å². The maximum Gasteiger partial charge on any atom is 0.309 e. The molecule has 0 aliphatic carbocycles. The van der Waals surface area contributed by atoms with E-state index >= 15 is 0 Å². The second-order valence-electron chi connectivity index (χ2n) is 3.71. The fourth-order valence-corrected chi connectivity index (χ4v) is 0.832. The molecule has 1 amide bonds. The van der Waals surface area contributed by atoms with Gasteiger partial charge in [-0.05, 0) is 13.8 Å². The molecule has 0 unspecified atom stereocenters. The molecule has 82 valence electrons. The summed E-state index contributed by atoms with van der Waals surface area (Å²) >= 11 is 0. The summed E-state index contributed by atoms with van der Waals surface area (Å²) in [6.45, 7) is 3.88. The molecule has 0 spiro atoms. The molecule has 5 heteroatoms. The Morgan fingerprint density at radius 2 is 2.00 bits per heavy atom. The van der Waals surface area contributed by atoms with Crippen LogP contribution in [0, 0.1) is 5.41 Å².